The Morgan fingerprint density at radius 1 is 1.37 bits per heavy atom. The molecule has 6 nitrogen and oxygen atoms in total. The fourth-order valence-electron chi connectivity index (χ4n) is 2.27. The lowest BCUT2D eigenvalue weighted by atomic mass is 9.96. The van der Waals surface area contributed by atoms with Crippen LogP contribution in [0.5, 0.6) is 0 Å². The number of nitrogens with one attached hydrogen (secondary N) is 1. The molecule has 1 amide bonds. The number of carbonyl (C=O) groups excluding carboxylic acids is 1. The van der Waals surface area contributed by atoms with Crippen molar-refractivity contribution < 1.29 is 14.7 Å². The highest BCUT2D eigenvalue weighted by atomic mass is 16.4. The molecule has 1 saturated heterocycles. The highest BCUT2D eigenvalue weighted by Gasteiger charge is 2.24. The molecule has 0 radical (unpaired) electrons. The van der Waals surface area contributed by atoms with Gasteiger partial charge in [0.2, 0.25) is 5.91 Å². The molecule has 2 N–H and O–H groups in total. The Bertz CT molecular complexity index is 465. The topological polar surface area (TPSA) is 82.5 Å². The fraction of sp³-hybridized carbons (Fsp3) is 0.462. The van der Waals surface area contributed by atoms with E-state index in [1.54, 1.807) is 19.2 Å². The van der Waals surface area contributed by atoms with Crippen molar-refractivity contribution in [3.8, 4) is 0 Å². The molecule has 0 aromatic carbocycles. The molecular formula is C13H17N3O3. The minimum atomic E-state index is -0.975. The van der Waals surface area contributed by atoms with Crippen LogP contribution in [-0.4, -0.2) is 42.1 Å². The number of anilines is 1. The van der Waals surface area contributed by atoms with Gasteiger partial charge in [0, 0.05) is 32.3 Å². The summed E-state index contributed by atoms with van der Waals surface area (Å²) in [7, 11) is 1.65. The summed E-state index contributed by atoms with van der Waals surface area (Å²) in [5.41, 5.74) is 0.184. The number of hydrogen-bond acceptors (Lipinski definition) is 4. The first kappa shape index (κ1) is 13.3. The fourth-order valence-corrected chi connectivity index (χ4v) is 2.27. The predicted molar refractivity (Wildman–Crippen MR) is 70.2 cm³/mol. The number of carboxylic acids is 1. The van der Waals surface area contributed by atoms with Gasteiger partial charge in [0.25, 0.3) is 0 Å². The molecule has 1 aromatic heterocycles. The summed E-state index contributed by atoms with van der Waals surface area (Å²) in [6, 6.07) is 3.26. The monoisotopic (exact) mass is 263 g/mol. The highest BCUT2D eigenvalue weighted by molar-refractivity contribution is 5.87. The maximum atomic E-state index is 11.5. The summed E-state index contributed by atoms with van der Waals surface area (Å²) in [4.78, 5) is 28.5. The number of hydrogen-bond donors (Lipinski definition) is 2. The summed E-state index contributed by atoms with van der Waals surface area (Å²) in [5.74, 6) is -0.0499. The number of aromatic nitrogens is 1. The molecule has 1 fully saturated rings. The van der Waals surface area contributed by atoms with Crippen molar-refractivity contribution in [2.45, 2.75) is 12.8 Å². The number of carboxylic acid groups (broad SMARTS) is 1. The average molecular weight is 263 g/mol. The SMILES string of the molecule is CNC(=O)C1CCN(c2ccc(C(=O)O)cn2)CC1. The van der Waals surface area contributed by atoms with Gasteiger partial charge in [0.15, 0.2) is 0 Å². The van der Waals surface area contributed by atoms with Gasteiger partial charge in [-0.15, -0.1) is 0 Å². The number of carbonyl (C=O) groups is 2. The minimum Gasteiger partial charge on any atom is -0.478 e. The molecule has 102 valence electrons. The van der Waals surface area contributed by atoms with Crippen molar-refractivity contribution in [1.82, 2.24) is 10.3 Å². The molecule has 0 atom stereocenters. The van der Waals surface area contributed by atoms with Crippen LogP contribution in [0.2, 0.25) is 0 Å². The lowest BCUT2D eigenvalue weighted by molar-refractivity contribution is -0.125. The van der Waals surface area contributed by atoms with E-state index >= 15 is 0 Å². The third-order valence-electron chi connectivity index (χ3n) is 3.43. The largest absolute Gasteiger partial charge is 0.478 e. The van der Waals surface area contributed by atoms with Gasteiger partial charge in [0.05, 0.1) is 5.56 Å². The van der Waals surface area contributed by atoms with Gasteiger partial charge >= 0.3 is 5.97 Å². The smallest absolute Gasteiger partial charge is 0.337 e. The zero-order valence-electron chi connectivity index (χ0n) is 10.8. The number of aromatic carboxylic acids is 1. The van der Waals surface area contributed by atoms with Gasteiger partial charge < -0.3 is 15.3 Å². The first-order chi connectivity index (χ1) is 9.11. The van der Waals surface area contributed by atoms with Gasteiger partial charge in [-0.1, -0.05) is 0 Å². The third kappa shape index (κ3) is 3.01. The Kier molecular flexibility index (Phi) is 3.99. The summed E-state index contributed by atoms with van der Waals surface area (Å²) in [5, 5.41) is 11.5. The van der Waals surface area contributed by atoms with Crippen molar-refractivity contribution in [2.24, 2.45) is 5.92 Å². The molecule has 0 saturated carbocycles. The second kappa shape index (κ2) is 5.69. The Morgan fingerprint density at radius 3 is 2.53 bits per heavy atom. The van der Waals surface area contributed by atoms with E-state index in [0.29, 0.717) is 0 Å². The Hall–Kier alpha value is -2.11. The molecular weight excluding hydrogens is 246 g/mol. The molecule has 2 heterocycles. The maximum absolute atomic E-state index is 11.5. The molecule has 0 unspecified atom stereocenters. The van der Waals surface area contributed by atoms with E-state index < -0.39 is 5.97 Å². The standard InChI is InChI=1S/C13H17N3O3/c1-14-12(17)9-4-6-16(7-5-9)11-3-2-10(8-15-11)13(18)19/h2-3,8-9H,4-7H2,1H3,(H,14,17)(H,18,19). The van der Waals surface area contributed by atoms with Crippen molar-refractivity contribution in [2.75, 3.05) is 25.0 Å². The zero-order valence-corrected chi connectivity index (χ0v) is 10.8. The van der Waals surface area contributed by atoms with Crippen molar-refractivity contribution in [3.63, 3.8) is 0 Å². The van der Waals surface area contributed by atoms with Gasteiger partial charge in [0.1, 0.15) is 5.82 Å². The van der Waals surface area contributed by atoms with Crippen LogP contribution in [0.3, 0.4) is 0 Å². The van der Waals surface area contributed by atoms with Gasteiger partial charge in [-0.2, -0.15) is 0 Å². The van der Waals surface area contributed by atoms with Crippen LogP contribution in [0.25, 0.3) is 0 Å². The van der Waals surface area contributed by atoms with Crippen LogP contribution in [0, 0.1) is 5.92 Å². The Balaban J connectivity index is 1.97. The quantitative estimate of drug-likeness (QED) is 0.840. The van der Waals surface area contributed by atoms with Crippen molar-refractivity contribution >= 4 is 17.7 Å². The molecule has 1 aliphatic heterocycles. The molecule has 6 heteroatoms. The summed E-state index contributed by atoms with van der Waals surface area (Å²) in [6.07, 6.45) is 2.95. The first-order valence-corrected chi connectivity index (χ1v) is 6.27. The summed E-state index contributed by atoms with van der Waals surface area (Å²) < 4.78 is 0. The van der Waals surface area contributed by atoms with Crippen LogP contribution in [0.4, 0.5) is 5.82 Å². The predicted octanol–water partition coefficient (Wildman–Crippen LogP) is 0.742. The second-order valence-corrected chi connectivity index (χ2v) is 4.59. The van der Waals surface area contributed by atoms with Crippen LogP contribution in [0.15, 0.2) is 18.3 Å². The van der Waals surface area contributed by atoms with Gasteiger partial charge in [-0.3, -0.25) is 4.79 Å². The van der Waals surface area contributed by atoms with E-state index in [-0.39, 0.29) is 17.4 Å². The Morgan fingerprint density at radius 2 is 2.05 bits per heavy atom. The molecule has 19 heavy (non-hydrogen) atoms. The number of amides is 1. The molecule has 1 aliphatic rings. The van der Waals surface area contributed by atoms with Crippen LogP contribution in [0.1, 0.15) is 23.2 Å². The van der Waals surface area contributed by atoms with Crippen LogP contribution < -0.4 is 10.2 Å². The van der Waals surface area contributed by atoms with E-state index in [0.717, 1.165) is 31.7 Å². The first-order valence-electron chi connectivity index (χ1n) is 6.27. The summed E-state index contributed by atoms with van der Waals surface area (Å²) in [6.45, 7) is 1.52. The second-order valence-electron chi connectivity index (χ2n) is 4.59. The van der Waals surface area contributed by atoms with E-state index in [4.69, 9.17) is 5.11 Å². The minimum absolute atomic E-state index is 0.0690. The lowest BCUT2D eigenvalue weighted by Crippen LogP contribution is -2.39. The zero-order chi connectivity index (χ0) is 13.8. The van der Waals surface area contributed by atoms with Crippen LogP contribution >= 0.6 is 0 Å². The number of nitrogens with zero attached hydrogens (tertiary/aromatic N) is 2. The normalized spacial score (nSPS) is 16.2. The number of rotatable bonds is 3. The van der Waals surface area contributed by atoms with E-state index in [2.05, 4.69) is 15.2 Å². The van der Waals surface area contributed by atoms with E-state index in [9.17, 15) is 9.59 Å². The third-order valence-corrected chi connectivity index (χ3v) is 3.43. The van der Waals surface area contributed by atoms with Gasteiger partial charge in [-0.25, -0.2) is 9.78 Å². The van der Waals surface area contributed by atoms with Crippen molar-refractivity contribution in [3.05, 3.63) is 23.9 Å². The lowest BCUT2D eigenvalue weighted by Gasteiger charge is -2.31. The Labute approximate surface area is 111 Å². The molecule has 0 spiro atoms. The summed E-state index contributed by atoms with van der Waals surface area (Å²) >= 11 is 0. The maximum Gasteiger partial charge on any atom is 0.337 e. The molecule has 0 aliphatic carbocycles. The van der Waals surface area contributed by atoms with Crippen molar-refractivity contribution in [1.29, 1.82) is 0 Å². The van der Waals surface area contributed by atoms with E-state index in [1.165, 1.54) is 6.20 Å². The average Bonchev–Trinajstić information content (AvgIpc) is 2.46. The number of pyridine rings is 1. The molecule has 2 rings (SSSR count). The van der Waals surface area contributed by atoms with Crippen LogP contribution in [-0.2, 0) is 4.79 Å². The highest BCUT2D eigenvalue weighted by Crippen LogP contribution is 2.21. The van der Waals surface area contributed by atoms with E-state index in [1.807, 2.05) is 0 Å². The molecule has 0 bridgehead atoms. The number of piperidine rings is 1. The van der Waals surface area contributed by atoms with Gasteiger partial charge in [-0.05, 0) is 25.0 Å². The molecule has 1 aromatic rings.